The van der Waals surface area contributed by atoms with Crippen molar-refractivity contribution in [1.29, 1.82) is 0 Å². The second-order valence-corrected chi connectivity index (χ2v) is 4.65. The molecule has 1 atom stereocenters. The Bertz CT molecular complexity index is 343. The first-order chi connectivity index (χ1) is 6.84. The molecule has 0 aromatic heterocycles. The summed E-state index contributed by atoms with van der Waals surface area (Å²) in [4.78, 5) is 12.2. The van der Waals surface area contributed by atoms with Gasteiger partial charge in [-0.3, -0.25) is 4.79 Å². The van der Waals surface area contributed by atoms with Crippen LogP contribution in [0.2, 0.25) is 0 Å². The van der Waals surface area contributed by atoms with Crippen LogP contribution < -0.4 is 0 Å². The van der Waals surface area contributed by atoms with Gasteiger partial charge in [-0.25, -0.2) is 0 Å². The van der Waals surface area contributed by atoms with Crippen molar-refractivity contribution in [3.63, 3.8) is 0 Å². The Morgan fingerprint density at radius 1 is 1.21 bits per heavy atom. The molecule has 1 aromatic rings. The molecule has 72 valence electrons. The summed E-state index contributed by atoms with van der Waals surface area (Å²) in [7, 11) is 0. The summed E-state index contributed by atoms with van der Waals surface area (Å²) >= 11 is 1.83. The van der Waals surface area contributed by atoms with Crippen molar-refractivity contribution in [3.05, 3.63) is 42.5 Å². The molecule has 0 radical (unpaired) electrons. The van der Waals surface area contributed by atoms with Gasteiger partial charge in [0, 0.05) is 16.6 Å². The first-order valence-corrected chi connectivity index (χ1v) is 5.65. The number of hydrogen-bond acceptors (Lipinski definition) is 2. The van der Waals surface area contributed by atoms with Gasteiger partial charge in [-0.15, -0.1) is 11.8 Å². The Balaban J connectivity index is 1.99. The molecule has 1 nitrogen and oxygen atoms in total. The van der Waals surface area contributed by atoms with Gasteiger partial charge < -0.3 is 0 Å². The molecule has 1 unspecified atom stereocenters. The SMILES string of the molecule is O=C1C=CC(Sc2ccccc2)CC1. The van der Waals surface area contributed by atoms with Gasteiger partial charge in [-0.05, 0) is 24.6 Å². The van der Waals surface area contributed by atoms with Crippen LogP contribution in [0.5, 0.6) is 0 Å². The average molecular weight is 204 g/mol. The molecule has 0 spiro atoms. The Morgan fingerprint density at radius 3 is 2.64 bits per heavy atom. The van der Waals surface area contributed by atoms with E-state index in [4.69, 9.17) is 0 Å². The maximum Gasteiger partial charge on any atom is 0.155 e. The summed E-state index contributed by atoms with van der Waals surface area (Å²) in [6.07, 6.45) is 5.39. The summed E-state index contributed by atoms with van der Waals surface area (Å²) in [6.45, 7) is 0. The molecule has 0 fully saturated rings. The van der Waals surface area contributed by atoms with Gasteiger partial charge in [0.05, 0.1) is 0 Å². The van der Waals surface area contributed by atoms with Crippen molar-refractivity contribution >= 4 is 17.5 Å². The van der Waals surface area contributed by atoms with Crippen LogP contribution in [0.15, 0.2) is 47.4 Å². The highest BCUT2D eigenvalue weighted by Gasteiger charge is 2.13. The molecule has 0 saturated heterocycles. The molecular weight excluding hydrogens is 192 g/mol. The third-order valence-corrected chi connectivity index (χ3v) is 3.44. The Labute approximate surface area is 88.2 Å². The van der Waals surface area contributed by atoms with E-state index < -0.39 is 0 Å². The molecule has 0 aliphatic heterocycles. The third-order valence-electron chi connectivity index (χ3n) is 2.20. The maximum absolute atomic E-state index is 11.0. The topological polar surface area (TPSA) is 17.1 Å². The number of rotatable bonds is 2. The van der Waals surface area contributed by atoms with Gasteiger partial charge in [-0.1, -0.05) is 24.3 Å². The van der Waals surface area contributed by atoms with Gasteiger partial charge in [-0.2, -0.15) is 0 Å². The van der Waals surface area contributed by atoms with Crippen molar-refractivity contribution in [2.75, 3.05) is 0 Å². The largest absolute Gasteiger partial charge is 0.295 e. The third kappa shape index (κ3) is 2.48. The van der Waals surface area contributed by atoms with Gasteiger partial charge in [0.1, 0.15) is 0 Å². The quantitative estimate of drug-likeness (QED) is 0.736. The standard InChI is InChI=1S/C12H12OS/c13-10-6-8-12(9-7-10)14-11-4-2-1-3-5-11/h1-6,8,12H,7,9H2. The molecule has 1 aromatic carbocycles. The summed E-state index contributed by atoms with van der Waals surface area (Å²) in [5, 5.41) is 0.468. The zero-order valence-corrected chi connectivity index (χ0v) is 8.67. The van der Waals surface area contributed by atoms with Gasteiger partial charge >= 0.3 is 0 Å². The van der Waals surface area contributed by atoms with E-state index in [0.29, 0.717) is 11.7 Å². The lowest BCUT2D eigenvalue weighted by Gasteiger charge is -2.14. The summed E-state index contributed by atoms with van der Waals surface area (Å²) in [5.41, 5.74) is 0. The maximum atomic E-state index is 11.0. The van der Waals surface area contributed by atoms with E-state index in [2.05, 4.69) is 12.1 Å². The fraction of sp³-hybridized carbons (Fsp3) is 0.250. The van der Waals surface area contributed by atoms with E-state index in [9.17, 15) is 4.79 Å². The number of ketones is 1. The summed E-state index contributed by atoms with van der Waals surface area (Å²) < 4.78 is 0. The van der Waals surface area contributed by atoms with Crippen molar-refractivity contribution < 1.29 is 4.79 Å². The number of benzene rings is 1. The van der Waals surface area contributed by atoms with Crippen LogP contribution in [0, 0.1) is 0 Å². The second-order valence-electron chi connectivity index (χ2n) is 3.33. The minimum atomic E-state index is 0.259. The highest BCUT2D eigenvalue weighted by atomic mass is 32.2. The van der Waals surface area contributed by atoms with Crippen LogP contribution in [0.3, 0.4) is 0 Å². The number of carbonyl (C=O) groups is 1. The lowest BCUT2D eigenvalue weighted by molar-refractivity contribution is -0.114. The van der Waals surface area contributed by atoms with Gasteiger partial charge in [0.2, 0.25) is 0 Å². The minimum Gasteiger partial charge on any atom is -0.295 e. The molecule has 0 heterocycles. The van der Waals surface area contributed by atoms with Gasteiger partial charge in [0.25, 0.3) is 0 Å². The number of allylic oxidation sites excluding steroid dienone is 1. The zero-order valence-electron chi connectivity index (χ0n) is 7.85. The Kier molecular flexibility index (Phi) is 3.04. The fourth-order valence-electron chi connectivity index (χ4n) is 1.45. The lowest BCUT2D eigenvalue weighted by Crippen LogP contribution is -2.08. The van der Waals surface area contributed by atoms with Crippen molar-refractivity contribution in [2.24, 2.45) is 0 Å². The van der Waals surface area contributed by atoms with Crippen LogP contribution >= 0.6 is 11.8 Å². The van der Waals surface area contributed by atoms with Crippen LogP contribution in [0.25, 0.3) is 0 Å². The molecule has 0 bridgehead atoms. The van der Waals surface area contributed by atoms with Crippen LogP contribution in [-0.2, 0) is 4.79 Å². The lowest BCUT2D eigenvalue weighted by atomic mass is 10.1. The van der Waals surface area contributed by atoms with Crippen molar-refractivity contribution in [1.82, 2.24) is 0 Å². The first kappa shape index (κ1) is 9.53. The summed E-state index contributed by atoms with van der Waals surface area (Å²) in [5.74, 6) is 0.259. The molecule has 0 saturated carbocycles. The number of carbonyl (C=O) groups excluding carboxylic acids is 1. The second kappa shape index (κ2) is 4.47. The molecule has 2 rings (SSSR count). The molecule has 1 aliphatic rings. The minimum absolute atomic E-state index is 0.259. The predicted molar refractivity (Wildman–Crippen MR) is 59.5 cm³/mol. The predicted octanol–water partition coefficient (Wildman–Crippen LogP) is 3.07. The average Bonchev–Trinajstić information content (AvgIpc) is 2.23. The van der Waals surface area contributed by atoms with E-state index in [1.807, 2.05) is 36.0 Å². The highest BCUT2D eigenvalue weighted by Crippen LogP contribution is 2.28. The summed E-state index contributed by atoms with van der Waals surface area (Å²) in [6, 6.07) is 10.3. The first-order valence-electron chi connectivity index (χ1n) is 4.77. The van der Waals surface area contributed by atoms with Gasteiger partial charge in [0.15, 0.2) is 5.78 Å². The Hall–Kier alpha value is -1.02. The molecule has 0 amide bonds. The van der Waals surface area contributed by atoms with E-state index >= 15 is 0 Å². The normalized spacial score (nSPS) is 21.1. The van der Waals surface area contributed by atoms with E-state index in [1.54, 1.807) is 6.08 Å². The van der Waals surface area contributed by atoms with E-state index in [-0.39, 0.29) is 5.78 Å². The fourth-order valence-corrected chi connectivity index (χ4v) is 2.51. The molecule has 1 aliphatic carbocycles. The van der Waals surface area contributed by atoms with Crippen LogP contribution in [0.4, 0.5) is 0 Å². The number of thioether (sulfide) groups is 1. The zero-order chi connectivity index (χ0) is 9.80. The molecule has 0 N–H and O–H groups in total. The molecule has 2 heteroatoms. The van der Waals surface area contributed by atoms with E-state index in [1.165, 1.54) is 4.90 Å². The van der Waals surface area contributed by atoms with E-state index in [0.717, 1.165) is 6.42 Å². The monoisotopic (exact) mass is 204 g/mol. The Morgan fingerprint density at radius 2 is 2.00 bits per heavy atom. The molecular formula is C12H12OS. The van der Waals surface area contributed by atoms with Crippen molar-refractivity contribution in [2.45, 2.75) is 23.0 Å². The smallest absolute Gasteiger partial charge is 0.155 e. The van der Waals surface area contributed by atoms with Crippen molar-refractivity contribution in [3.8, 4) is 0 Å². The molecule has 14 heavy (non-hydrogen) atoms. The highest BCUT2D eigenvalue weighted by molar-refractivity contribution is 8.00. The van der Waals surface area contributed by atoms with Crippen LogP contribution in [0.1, 0.15) is 12.8 Å². The number of hydrogen-bond donors (Lipinski definition) is 0. The van der Waals surface area contributed by atoms with Crippen LogP contribution in [-0.4, -0.2) is 11.0 Å².